The third-order valence-electron chi connectivity index (χ3n) is 4.60. The number of amides is 2. The highest BCUT2D eigenvalue weighted by Crippen LogP contribution is 2.25. The van der Waals surface area contributed by atoms with Gasteiger partial charge in [-0.1, -0.05) is 61.6 Å². The van der Waals surface area contributed by atoms with Crippen molar-refractivity contribution in [3.63, 3.8) is 0 Å². The molecule has 8 heteroatoms. The zero-order valence-corrected chi connectivity index (χ0v) is 20.9. The van der Waals surface area contributed by atoms with Crippen molar-refractivity contribution in [1.29, 1.82) is 0 Å². The molecule has 0 heterocycles. The molecule has 0 aromatic heterocycles. The van der Waals surface area contributed by atoms with Crippen molar-refractivity contribution in [2.45, 2.75) is 44.7 Å². The number of rotatable bonds is 10. The van der Waals surface area contributed by atoms with Crippen LogP contribution in [-0.2, 0) is 16.1 Å². The van der Waals surface area contributed by atoms with Crippen LogP contribution in [0.2, 0.25) is 15.1 Å². The van der Waals surface area contributed by atoms with E-state index in [1.165, 1.54) is 11.8 Å². The lowest BCUT2D eigenvalue weighted by Gasteiger charge is -2.31. The predicted molar refractivity (Wildman–Crippen MR) is 131 cm³/mol. The molecule has 0 bridgehead atoms. The van der Waals surface area contributed by atoms with Gasteiger partial charge in [-0.2, -0.15) is 0 Å². The molecular formula is C23H27Cl3N2O2S. The number of thioether (sulfide) groups is 1. The van der Waals surface area contributed by atoms with Crippen LogP contribution in [0.15, 0.2) is 47.4 Å². The largest absolute Gasteiger partial charge is 0.354 e. The maximum Gasteiger partial charge on any atom is 0.242 e. The molecule has 0 unspecified atom stereocenters. The van der Waals surface area contributed by atoms with Gasteiger partial charge in [0, 0.05) is 33.1 Å². The second-order valence-electron chi connectivity index (χ2n) is 7.56. The number of halogens is 3. The average molecular weight is 502 g/mol. The van der Waals surface area contributed by atoms with Crippen molar-refractivity contribution in [3.05, 3.63) is 63.1 Å². The third kappa shape index (κ3) is 8.23. The lowest BCUT2D eigenvalue weighted by atomic mass is 10.1. The molecule has 0 aliphatic heterocycles. The van der Waals surface area contributed by atoms with E-state index in [-0.39, 0.29) is 24.1 Å². The van der Waals surface area contributed by atoms with Gasteiger partial charge >= 0.3 is 0 Å². The molecule has 0 saturated heterocycles. The topological polar surface area (TPSA) is 49.4 Å². The molecule has 0 aliphatic carbocycles. The Bertz CT molecular complexity index is 891. The van der Waals surface area contributed by atoms with Crippen LogP contribution >= 0.6 is 46.6 Å². The molecule has 1 atom stereocenters. The zero-order chi connectivity index (χ0) is 23.0. The van der Waals surface area contributed by atoms with Crippen LogP contribution in [-0.4, -0.2) is 35.1 Å². The summed E-state index contributed by atoms with van der Waals surface area (Å²) in [5.74, 6) is 0.210. The lowest BCUT2D eigenvalue weighted by Crippen LogP contribution is -2.50. The Hall–Kier alpha value is -1.40. The van der Waals surface area contributed by atoms with E-state index < -0.39 is 6.04 Å². The van der Waals surface area contributed by atoms with E-state index in [2.05, 4.69) is 5.32 Å². The minimum Gasteiger partial charge on any atom is -0.354 e. The number of nitrogens with one attached hydrogen (secondary N) is 1. The molecule has 2 amide bonds. The lowest BCUT2D eigenvalue weighted by molar-refractivity contribution is -0.139. The van der Waals surface area contributed by atoms with E-state index in [1.807, 2.05) is 32.9 Å². The van der Waals surface area contributed by atoms with E-state index in [4.69, 9.17) is 34.8 Å². The predicted octanol–water partition coefficient (Wildman–Crippen LogP) is 6.32. The quantitative estimate of drug-likeness (QED) is 0.388. The minimum absolute atomic E-state index is 0.141. The highest BCUT2D eigenvalue weighted by atomic mass is 35.5. The fraction of sp³-hybridized carbons (Fsp3) is 0.391. The van der Waals surface area contributed by atoms with Gasteiger partial charge in [0.05, 0.1) is 5.75 Å². The number of hydrogen-bond donors (Lipinski definition) is 1. The standard InChI is InChI=1S/C23H27Cl3N2O2S/c1-4-21(23(30)27-12-15(2)3)28(13-16-5-6-18(25)11-20(16)26)22(29)14-31-19-9-7-17(24)8-10-19/h5-11,15,21H,4,12-14H2,1-3H3,(H,27,30)/t21-/m0/s1. The highest BCUT2D eigenvalue weighted by Gasteiger charge is 2.29. The van der Waals surface area contributed by atoms with Gasteiger partial charge < -0.3 is 10.2 Å². The van der Waals surface area contributed by atoms with Gasteiger partial charge in [0.15, 0.2) is 0 Å². The Morgan fingerprint density at radius 2 is 1.68 bits per heavy atom. The van der Waals surface area contributed by atoms with Gasteiger partial charge in [-0.05, 0) is 54.3 Å². The SMILES string of the molecule is CC[C@@H](C(=O)NCC(C)C)N(Cc1ccc(Cl)cc1Cl)C(=O)CSc1ccc(Cl)cc1. The highest BCUT2D eigenvalue weighted by molar-refractivity contribution is 8.00. The molecule has 2 aromatic rings. The summed E-state index contributed by atoms with van der Waals surface area (Å²) in [7, 11) is 0. The maximum atomic E-state index is 13.2. The van der Waals surface area contributed by atoms with Crippen molar-refractivity contribution >= 4 is 58.4 Å². The van der Waals surface area contributed by atoms with Crippen LogP contribution in [0.4, 0.5) is 0 Å². The van der Waals surface area contributed by atoms with Crippen LogP contribution in [0.1, 0.15) is 32.8 Å². The van der Waals surface area contributed by atoms with Gasteiger partial charge in [-0.25, -0.2) is 0 Å². The summed E-state index contributed by atoms with van der Waals surface area (Å²) in [6.07, 6.45) is 0.493. The molecule has 1 N–H and O–H groups in total. The second kappa shape index (κ2) is 12.6. The smallest absolute Gasteiger partial charge is 0.242 e. The fourth-order valence-electron chi connectivity index (χ4n) is 2.93. The average Bonchev–Trinajstić information content (AvgIpc) is 2.73. The van der Waals surface area contributed by atoms with Crippen LogP contribution in [0.3, 0.4) is 0 Å². The van der Waals surface area contributed by atoms with E-state index in [9.17, 15) is 9.59 Å². The van der Waals surface area contributed by atoms with Gasteiger partial charge in [0.25, 0.3) is 0 Å². The molecule has 0 fully saturated rings. The summed E-state index contributed by atoms with van der Waals surface area (Å²) in [6, 6.07) is 11.9. The van der Waals surface area contributed by atoms with Crippen molar-refractivity contribution in [2.75, 3.05) is 12.3 Å². The summed E-state index contributed by atoms with van der Waals surface area (Å²) in [6.45, 7) is 6.73. The Balaban J connectivity index is 2.22. The van der Waals surface area contributed by atoms with Crippen molar-refractivity contribution in [3.8, 4) is 0 Å². The molecule has 0 radical (unpaired) electrons. The van der Waals surface area contributed by atoms with Crippen molar-refractivity contribution in [2.24, 2.45) is 5.92 Å². The van der Waals surface area contributed by atoms with Crippen LogP contribution in [0.25, 0.3) is 0 Å². The Labute approximate surface area is 203 Å². The fourth-order valence-corrected chi connectivity index (χ4v) is 4.31. The van der Waals surface area contributed by atoms with Crippen LogP contribution in [0, 0.1) is 5.92 Å². The number of carbonyl (C=O) groups is 2. The molecule has 0 aliphatic rings. The molecule has 2 rings (SSSR count). The van der Waals surface area contributed by atoms with E-state index >= 15 is 0 Å². The first-order chi connectivity index (χ1) is 14.7. The Morgan fingerprint density at radius 3 is 2.26 bits per heavy atom. The van der Waals surface area contributed by atoms with E-state index in [1.54, 1.807) is 35.2 Å². The normalized spacial score (nSPS) is 12.0. The molecule has 0 spiro atoms. The van der Waals surface area contributed by atoms with Crippen LogP contribution in [0.5, 0.6) is 0 Å². The first-order valence-electron chi connectivity index (χ1n) is 10.1. The summed E-state index contributed by atoms with van der Waals surface area (Å²) >= 11 is 19.7. The number of benzene rings is 2. The minimum atomic E-state index is -0.594. The molecule has 31 heavy (non-hydrogen) atoms. The monoisotopic (exact) mass is 500 g/mol. The van der Waals surface area contributed by atoms with Gasteiger partial charge in [0.2, 0.25) is 11.8 Å². The Kier molecular flexibility index (Phi) is 10.5. The summed E-state index contributed by atoms with van der Waals surface area (Å²) in [5.41, 5.74) is 0.742. The second-order valence-corrected chi connectivity index (χ2v) is 9.89. The number of carbonyl (C=O) groups excluding carboxylic acids is 2. The van der Waals surface area contributed by atoms with E-state index in [0.29, 0.717) is 34.0 Å². The molecular weight excluding hydrogens is 475 g/mol. The van der Waals surface area contributed by atoms with Crippen LogP contribution < -0.4 is 5.32 Å². The zero-order valence-electron chi connectivity index (χ0n) is 17.8. The Morgan fingerprint density at radius 1 is 1.03 bits per heavy atom. The first-order valence-corrected chi connectivity index (χ1v) is 12.2. The molecule has 0 saturated carbocycles. The number of nitrogens with zero attached hydrogens (tertiary/aromatic N) is 1. The molecule has 2 aromatic carbocycles. The maximum absolute atomic E-state index is 13.2. The molecule has 4 nitrogen and oxygen atoms in total. The van der Waals surface area contributed by atoms with Gasteiger partial charge in [-0.3, -0.25) is 9.59 Å². The van der Waals surface area contributed by atoms with Crippen molar-refractivity contribution in [1.82, 2.24) is 10.2 Å². The van der Waals surface area contributed by atoms with Gasteiger partial charge in [-0.15, -0.1) is 11.8 Å². The third-order valence-corrected chi connectivity index (χ3v) is 6.44. The van der Waals surface area contributed by atoms with Gasteiger partial charge in [0.1, 0.15) is 6.04 Å². The summed E-state index contributed by atoms with van der Waals surface area (Å²) in [4.78, 5) is 28.7. The van der Waals surface area contributed by atoms with Crippen molar-refractivity contribution < 1.29 is 9.59 Å². The van der Waals surface area contributed by atoms with E-state index in [0.717, 1.165) is 10.5 Å². The number of hydrogen-bond acceptors (Lipinski definition) is 3. The summed E-state index contributed by atoms with van der Waals surface area (Å²) < 4.78 is 0. The summed E-state index contributed by atoms with van der Waals surface area (Å²) in [5, 5.41) is 4.58. The molecule has 168 valence electrons. The first kappa shape index (κ1) is 25.9.